The molecule has 2 aromatic carbocycles. The van der Waals surface area contributed by atoms with Gasteiger partial charge in [-0.05, 0) is 66.2 Å². The molecule has 31 heavy (non-hydrogen) atoms. The van der Waals surface area contributed by atoms with Gasteiger partial charge in [0.1, 0.15) is 17.1 Å². The molecule has 0 heterocycles. The van der Waals surface area contributed by atoms with E-state index in [1.54, 1.807) is 18.2 Å². The molecule has 0 spiro atoms. The Morgan fingerprint density at radius 3 is 2.52 bits per heavy atom. The number of carboxylic acids is 1. The number of halogens is 2. The summed E-state index contributed by atoms with van der Waals surface area (Å²) in [5.41, 5.74) is 1.94. The highest BCUT2D eigenvalue weighted by Crippen LogP contribution is 2.72. The fraction of sp³-hybridized carbons (Fsp3) is 0.458. The molecular weight excluding hydrogens is 482 g/mol. The highest BCUT2D eigenvalue weighted by atomic mass is 79.9. The van der Waals surface area contributed by atoms with E-state index >= 15 is 0 Å². The topological polar surface area (TPSA) is 89.8 Å². The lowest BCUT2D eigenvalue weighted by atomic mass is 9.64. The molecule has 0 radical (unpaired) electrons. The number of anilines is 1. The maximum absolute atomic E-state index is 11.7. The summed E-state index contributed by atoms with van der Waals surface area (Å²) in [6.45, 7) is 7.12. The van der Waals surface area contributed by atoms with Crippen LogP contribution in [-0.4, -0.2) is 21.3 Å². The van der Waals surface area contributed by atoms with Crippen molar-refractivity contribution in [2.45, 2.75) is 52.5 Å². The first-order valence-electron chi connectivity index (χ1n) is 10.5. The Balaban J connectivity index is 1.76. The third-order valence-electron chi connectivity index (χ3n) is 8.17. The number of fused-ring (bicyclic) bond motifs is 2. The summed E-state index contributed by atoms with van der Waals surface area (Å²) in [5, 5.41) is 34.5. The van der Waals surface area contributed by atoms with Crippen LogP contribution < -0.4 is 5.32 Å². The summed E-state index contributed by atoms with van der Waals surface area (Å²) in [6, 6.07) is 6.55. The van der Waals surface area contributed by atoms with Gasteiger partial charge in [0, 0.05) is 27.8 Å². The van der Waals surface area contributed by atoms with Gasteiger partial charge in [-0.25, -0.2) is 4.79 Å². The van der Waals surface area contributed by atoms with Gasteiger partial charge in [-0.2, -0.15) is 0 Å². The summed E-state index contributed by atoms with van der Waals surface area (Å²) in [6.07, 6.45) is 3.13. The van der Waals surface area contributed by atoms with Gasteiger partial charge in [-0.1, -0.05) is 48.3 Å². The lowest BCUT2D eigenvalue weighted by Gasteiger charge is -2.40. The largest absolute Gasteiger partial charge is 0.507 e. The number of rotatable bonds is 5. The standard InChI is InChI=1S/C24H27BrClNO4/c1-23(2)13-6-7-24(23,3)16(9-13)19-18(5-4-15(21(19)29)22(30)31)27-11-12-8-14(25)10-17(26)20(12)28/h4-5,8,10,13,16,27-29H,6-7,9,11H2,1-3H3,(H,30,31). The molecular formula is C24H27BrClNO4. The van der Waals surface area contributed by atoms with Crippen LogP contribution in [0.15, 0.2) is 28.7 Å². The van der Waals surface area contributed by atoms with Gasteiger partial charge >= 0.3 is 5.97 Å². The molecule has 3 unspecified atom stereocenters. The SMILES string of the molecule is CC1(C)C2CCC1(C)C(c1c(NCc3cc(Br)cc(Cl)c3O)ccc(C(=O)O)c1O)C2. The van der Waals surface area contributed by atoms with E-state index in [0.717, 1.165) is 23.7 Å². The average molecular weight is 509 g/mol. The number of carbonyl (C=O) groups is 1. The second-order valence-electron chi connectivity index (χ2n) is 9.64. The predicted molar refractivity (Wildman–Crippen MR) is 125 cm³/mol. The Morgan fingerprint density at radius 2 is 1.94 bits per heavy atom. The molecule has 166 valence electrons. The monoisotopic (exact) mass is 507 g/mol. The van der Waals surface area contributed by atoms with Crippen LogP contribution in [0.4, 0.5) is 5.69 Å². The second kappa shape index (κ2) is 7.59. The highest BCUT2D eigenvalue weighted by Gasteiger charge is 2.62. The maximum Gasteiger partial charge on any atom is 0.339 e. The summed E-state index contributed by atoms with van der Waals surface area (Å²) >= 11 is 9.49. The number of phenols is 2. The number of hydrogen-bond acceptors (Lipinski definition) is 4. The highest BCUT2D eigenvalue weighted by molar-refractivity contribution is 9.10. The second-order valence-corrected chi connectivity index (χ2v) is 11.0. The third kappa shape index (κ3) is 3.39. The van der Waals surface area contributed by atoms with Crippen LogP contribution in [0.2, 0.25) is 5.02 Å². The summed E-state index contributed by atoms with van der Waals surface area (Å²) in [4.78, 5) is 11.7. The Morgan fingerprint density at radius 1 is 1.23 bits per heavy atom. The van der Waals surface area contributed by atoms with Gasteiger partial charge in [-0.3, -0.25) is 0 Å². The number of hydrogen-bond donors (Lipinski definition) is 4. The zero-order chi connectivity index (χ0) is 22.7. The van der Waals surface area contributed by atoms with Gasteiger partial charge in [0.15, 0.2) is 0 Å². The van der Waals surface area contributed by atoms with Crippen molar-refractivity contribution in [1.82, 2.24) is 0 Å². The van der Waals surface area contributed by atoms with Crippen LogP contribution in [0.1, 0.15) is 67.4 Å². The fourth-order valence-electron chi connectivity index (χ4n) is 5.87. The van der Waals surface area contributed by atoms with Crippen molar-refractivity contribution in [2.75, 3.05) is 5.32 Å². The molecule has 7 heteroatoms. The van der Waals surface area contributed by atoms with E-state index in [2.05, 4.69) is 42.0 Å². The van der Waals surface area contributed by atoms with E-state index in [4.69, 9.17) is 11.6 Å². The van der Waals surface area contributed by atoms with E-state index in [1.165, 1.54) is 6.07 Å². The van der Waals surface area contributed by atoms with Crippen molar-refractivity contribution in [1.29, 1.82) is 0 Å². The average Bonchev–Trinajstić information content (AvgIpc) is 3.02. The molecule has 2 aromatic rings. The van der Waals surface area contributed by atoms with E-state index in [9.17, 15) is 20.1 Å². The van der Waals surface area contributed by atoms with E-state index < -0.39 is 5.97 Å². The Kier molecular flexibility index (Phi) is 5.46. The molecule has 0 aliphatic heterocycles. The van der Waals surface area contributed by atoms with E-state index in [-0.39, 0.29) is 45.4 Å². The first kappa shape index (κ1) is 22.3. The zero-order valence-electron chi connectivity index (χ0n) is 17.8. The number of aromatic hydroxyl groups is 2. The van der Waals surface area contributed by atoms with Crippen molar-refractivity contribution >= 4 is 39.2 Å². The molecule has 2 aliphatic rings. The number of carboxylic acid groups (broad SMARTS) is 1. The Bertz CT molecular complexity index is 1070. The van der Waals surface area contributed by atoms with Gasteiger partial charge in [-0.15, -0.1) is 0 Å². The zero-order valence-corrected chi connectivity index (χ0v) is 20.1. The normalized spacial score (nSPS) is 26.2. The fourth-order valence-corrected chi connectivity index (χ4v) is 6.75. The van der Waals surface area contributed by atoms with Crippen molar-refractivity contribution in [2.24, 2.45) is 16.7 Å². The molecule has 0 aromatic heterocycles. The Labute approximate surface area is 195 Å². The number of aromatic carboxylic acids is 1. The van der Waals surface area contributed by atoms with Gasteiger partial charge in [0.2, 0.25) is 0 Å². The maximum atomic E-state index is 11.7. The van der Waals surface area contributed by atoms with E-state index in [0.29, 0.717) is 22.7 Å². The molecule has 2 bridgehead atoms. The van der Waals surface area contributed by atoms with Crippen LogP contribution in [-0.2, 0) is 6.54 Å². The first-order chi connectivity index (χ1) is 14.5. The van der Waals surface area contributed by atoms with Crippen molar-refractivity contribution in [3.63, 3.8) is 0 Å². The minimum absolute atomic E-state index is 0.00156. The van der Waals surface area contributed by atoms with Crippen LogP contribution >= 0.6 is 27.5 Å². The van der Waals surface area contributed by atoms with Crippen molar-refractivity contribution in [3.05, 3.63) is 50.5 Å². The lowest BCUT2D eigenvalue weighted by Crippen LogP contribution is -2.31. The summed E-state index contributed by atoms with van der Waals surface area (Å²) < 4.78 is 0.749. The minimum Gasteiger partial charge on any atom is -0.507 e. The smallest absolute Gasteiger partial charge is 0.339 e. The molecule has 0 amide bonds. The molecule has 5 nitrogen and oxygen atoms in total. The van der Waals surface area contributed by atoms with Crippen LogP contribution in [0, 0.1) is 16.7 Å². The summed E-state index contributed by atoms with van der Waals surface area (Å²) in [5.74, 6) is -0.727. The molecule has 2 fully saturated rings. The molecule has 4 rings (SSSR count). The molecule has 3 atom stereocenters. The number of nitrogens with one attached hydrogen (secondary N) is 1. The van der Waals surface area contributed by atoms with E-state index in [1.807, 2.05) is 0 Å². The first-order valence-corrected chi connectivity index (χ1v) is 11.6. The third-order valence-corrected chi connectivity index (χ3v) is 8.91. The van der Waals surface area contributed by atoms with Crippen LogP contribution in [0.3, 0.4) is 0 Å². The van der Waals surface area contributed by atoms with Crippen LogP contribution in [0.25, 0.3) is 0 Å². The van der Waals surface area contributed by atoms with Crippen LogP contribution in [0.5, 0.6) is 11.5 Å². The lowest BCUT2D eigenvalue weighted by molar-refractivity contribution is 0.0693. The number of benzene rings is 2. The quantitative estimate of drug-likeness (QED) is 0.358. The Hall–Kier alpha value is -1.92. The minimum atomic E-state index is -1.14. The molecule has 2 aliphatic carbocycles. The van der Waals surface area contributed by atoms with Crippen molar-refractivity contribution in [3.8, 4) is 11.5 Å². The molecule has 0 saturated heterocycles. The van der Waals surface area contributed by atoms with Gasteiger partial charge in [0.25, 0.3) is 0 Å². The molecule has 4 N–H and O–H groups in total. The van der Waals surface area contributed by atoms with Gasteiger partial charge in [0.05, 0.1) is 5.02 Å². The van der Waals surface area contributed by atoms with Gasteiger partial charge < -0.3 is 20.6 Å². The van der Waals surface area contributed by atoms with Crippen molar-refractivity contribution < 1.29 is 20.1 Å². The number of phenolic OH excluding ortho intramolecular Hbond substituents is 1. The summed E-state index contributed by atoms with van der Waals surface area (Å²) in [7, 11) is 0. The predicted octanol–water partition coefficient (Wildman–Crippen LogP) is 6.75. The molecule has 2 saturated carbocycles.